The van der Waals surface area contributed by atoms with E-state index in [1.807, 2.05) is 48.5 Å². The SMILES string of the molecule is Fc1ccc(F)c2c1OC[C@H]1CC3(CC[C@@]21Cc1ccc(Cl)cc1)OCCO3.O=C1CC[C@@]2(Cc3ccc(Cl)cc3)c3c(F)ccc(F)c3OC[C@H]2C1.OCCC1(C[C@@H]2COc3c(F)ccc(F)c3[C@H]2Cc2ccc(Cl)cc2)OCCO1. The van der Waals surface area contributed by atoms with Crippen LogP contribution in [-0.4, -0.2) is 75.3 Å². The normalized spacial score (nSPS) is 25.3. The highest BCUT2D eigenvalue weighted by molar-refractivity contribution is 6.31. The second-order valence-electron chi connectivity index (χ2n) is 22.5. The molecule has 4 fully saturated rings. The number of rotatable bonds is 10. The number of halogens is 9. The van der Waals surface area contributed by atoms with Crippen LogP contribution in [0.3, 0.4) is 0 Å². The molecule has 2 saturated carbocycles. The van der Waals surface area contributed by atoms with Crippen molar-refractivity contribution < 1.29 is 69.4 Å². The molecular formula is C64H61Cl3F6O9. The molecule has 1 N–H and O–H groups in total. The summed E-state index contributed by atoms with van der Waals surface area (Å²) < 4.78 is 128. The Hall–Kier alpha value is -5.36. The molecule has 6 aromatic rings. The summed E-state index contributed by atoms with van der Waals surface area (Å²) in [5.41, 5.74) is 2.65. The number of aliphatic hydroxyl groups is 1. The van der Waals surface area contributed by atoms with Crippen LogP contribution in [0.4, 0.5) is 26.3 Å². The van der Waals surface area contributed by atoms with Crippen LogP contribution in [0.1, 0.15) is 90.7 Å². The van der Waals surface area contributed by atoms with E-state index in [2.05, 4.69) is 0 Å². The van der Waals surface area contributed by atoms with Gasteiger partial charge in [0.15, 0.2) is 46.3 Å². The second-order valence-corrected chi connectivity index (χ2v) is 23.8. The van der Waals surface area contributed by atoms with E-state index in [4.69, 9.17) is 68.0 Å². The molecule has 2 saturated heterocycles. The monoisotopic (exact) mass is 1190 g/mol. The maximum Gasteiger partial charge on any atom is 0.171 e. The van der Waals surface area contributed by atoms with Gasteiger partial charge in [0.25, 0.3) is 0 Å². The Kier molecular flexibility index (Phi) is 17.3. The molecule has 9 nitrogen and oxygen atoms in total. The van der Waals surface area contributed by atoms with Crippen molar-refractivity contribution in [3.63, 3.8) is 0 Å². The number of benzene rings is 6. The number of carbonyl (C=O) groups excluding carboxylic acids is 1. The minimum Gasteiger partial charge on any atom is -0.490 e. The smallest absolute Gasteiger partial charge is 0.171 e. The van der Waals surface area contributed by atoms with E-state index in [9.17, 15) is 31.9 Å². The van der Waals surface area contributed by atoms with Crippen molar-refractivity contribution in [2.75, 3.05) is 52.9 Å². The zero-order chi connectivity index (χ0) is 57.4. The molecule has 2 aliphatic carbocycles. The number of hydrogen-bond donors (Lipinski definition) is 1. The van der Waals surface area contributed by atoms with Gasteiger partial charge in [-0.3, -0.25) is 4.79 Å². The summed E-state index contributed by atoms with van der Waals surface area (Å²) in [5, 5.41) is 11.4. The Morgan fingerprint density at radius 1 is 0.512 bits per heavy atom. The standard InChI is InChI=1S/C22H23ClF2O4.C22H21ClF2O3.C20H17ClF2O2/c23-16-3-1-14(2-4-16)11-17-15(12-22(7-8-26)28-9-10-29-22)13-27-21-19(25)6-5-18(24)20(17)21;23-16-3-1-14(2-4-16)11-21-7-8-22(27-9-10-28-22)12-15(21)13-26-20-18(25)6-5-17(24)19(20)21;21-14-3-1-12(2-4-14)10-20-8-7-15(24)9-13(20)11-25-19-17(23)6-5-16(22)18(19)20/h1-6,15,17,26H,7-13H2;1-6,15H,7-13H2;1-6,13H,7-11H2/t15-,17+;15-,21+;13-,20+/m111/s1. The third-order valence-electron chi connectivity index (χ3n) is 17.8. The van der Waals surface area contributed by atoms with Gasteiger partial charge in [-0.25, -0.2) is 26.3 Å². The molecule has 0 amide bonds. The van der Waals surface area contributed by atoms with Gasteiger partial charge < -0.3 is 38.3 Å². The van der Waals surface area contributed by atoms with E-state index < -0.39 is 57.3 Å². The first kappa shape index (κ1) is 58.4. The van der Waals surface area contributed by atoms with Gasteiger partial charge in [-0.2, -0.15) is 0 Å². The number of carbonyl (C=O) groups is 1. The molecule has 0 radical (unpaired) electrons. The van der Waals surface area contributed by atoms with Crippen molar-refractivity contribution in [2.45, 2.75) is 99.0 Å². The molecule has 0 bridgehead atoms. The second kappa shape index (κ2) is 24.3. The van der Waals surface area contributed by atoms with Crippen molar-refractivity contribution in [2.24, 2.45) is 17.8 Å². The lowest BCUT2D eigenvalue weighted by molar-refractivity contribution is -0.203. The summed E-state index contributed by atoms with van der Waals surface area (Å²) in [6.45, 7) is 2.68. The quantitative estimate of drug-likeness (QED) is 0.134. The third-order valence-corrected chi connectivity index (χ3v) is 18.5. The molecule has 6 atom stereocenters. The first-order valence-electron chi connectivity index (χ1n) is 27.8. The van der Waals surface area contributed by atoms with Crippen LogP contribution in [-0.2, 0) is 53.8 Å². The van der Waals surface area contributed by atoms with Crippen molar-refractivity contribution >= 4 is 40.6 Å². The van der Waals surface area contributed by atoms with E-state index in [0.717, 1.165) is 47.0 Å². The molecule has 1 spiro atoms. The molecule has 6 aromatic carbocycles. The molecule has 5 aliphatic heterocycles. The molecule has 5 heterocycles. The van der Waals surface area contributed by atoms with Gasteiger partial charge in [-0.05, 0) is 122 Å². The Labute approximate surface area is 487 Å². The minimum atomic E-state index is -0.928. The van der Waals surface area contributed by atoms with Crippen LogP contribution in [0.15, 0.2) is 109 Å². The minimum absolute atomic E-state index is 0.000405. The first-order valence-corrected chi connectivity index (χ1v) is 28.9. The van der Waals surface area contributed by atoms with E-state index in [1.54, 1.807) is 24.3 Å². The highest BCUT2D eigenvalue weighted by atomic mass is 35.5. The average Bonchev–Trinajstić information content (AvgIpc) is 1.25. The summed E-state index contributed by atoms with van der Waals surface area (Å²) in [6, 6.07) is 29.1. The van der Waals surface area contributed by atoms with Crippen molar-refractivity contribution in [3.05, 3.63) is 193 Å². The van der Waals surface area contributed by atoms with Crippen LogP contribution in [0.25, 0.3) is 0 Å². The van der Waals surface area contributed by atoms with Crippen molar-refractivity contribution in [1.82, 2.24) is 0 Å². The third kappa shape index (κ3) is 11.7. The van der Waals surface area contributed by atoms with Gasteiger partial charge in [0, 0.05) is 111 Å². The zero-order valence-electron chi connectivity index (χ0n) is 44.8. The lowest BCUT2D eigenvalue weighted by atomic mass is 9.57. The van der Waals surface area contributed by atoms with Crippen molar-refractivity contribution in [3.8, 4) is 17.2 Å². The van der Waals surface area contributed by atoms with Crippen LogP contribution in [0, 0.1) is 52.7 Å². The molecule has 0 aromatic heterocycles. The molecule has 434 valence electrons. The maximum absolute atomic E-state index is 15.1. The van der Waals surface area contributed by atoms with Gasteiger partial charge in [0.2, 0.25) is 0 Å². The number of hydrogen-bond acceptors (Lipinski definition) is 9. The van der Waals surface area contributed by atoms with Gasteiger partial charge in [0.05, 0.1) is 46.2 Å². The van der Waals surface area contributed by atoms with Crippen LogP contribution in [0.2, 0.25) is 15.1 Å². The Bertz CT molecular complexity index is 3270. The van der Waals surface area contributed by atoms with E-state index in [-0.39, 0.29) is 77.7 Å². The number of fused-ring (bicyclic) bond motifs is 7. The van der Waals surface area contributed by atoms with E-state index in [0.29, 0.717) is 124 Å². The highest BCUT2D eigenvalue weighted by Crippen LogP contribution is 2.58. The molecule has 7 aliphatic rings. The fourth-order valence-corrected chi connectivity index (χ4v) is 14.2. The first-order chi connectivity index (χ1) is 39.5. The lowest BCUT2D eigenvalue weighted by Gasteiger charge is -2.52. The fourth-order valence-electron chi connectivity index (χ4n) is 13.9. The summed E-state index contributed by atoms with van der Waals surface area (Å²) in [6.07, 6.45) is 5.43. The van der Waals surface area contributed by atoms with Gasteiger partial charge in [-0.1, -0.05) is 71.2 Å². The highest BCUT2D eigenvalue weighted by Gasteiger charge is 2.57. The fraction of sp³-hybridized carbons (Fsp3) is 0.422. The number of Topliss-reactive ketones (excluding diaryl/α,β-unsaturated/α-hetero) is 1. The Morgan fingerprint density at radius 2 is 0.976 bits per heavy atom. The Morgan fingerprint density at radius 3 is 1.52 bits per heavy atom. The summed E-state index contributed by atoms with van der Waals surface area (Å²) in [5.74, 6) is -5.11. The summed E-state index contributed by atoms with van der Waals surface area (Å²) in [7, 11) is 0. The largest absolute Gasteiger partial charge is 0.490 e. The molecule has 18 heteroatoms. The topological polar surface area (TPSA) is 102 Å². The van der Waals surface area contributed by atoms with Crippen molar-refractivity contribution in [1.29, 1.82) is 0 Å². The summed E-state index contributed by atoms with van der Waals surface area (Å²) >= 11 is 18.0. The molecule has 13 rings (SSSR count). The van der Waals surface area contributed by atoms with E-state index in [1.165, 1.54) is 6.07 Å². The maximum atomic E-state index is 15.1. The van der Waals surface area contributed by atoms with Crippen LogP contribution < -0.4 is 14.2 Å². The van der Waals surface area contributed by atoms with Gasteiger partial charge >= 0.3 is 0 Å². The molecule has 82 heavy (non-hydrogen) atoms. The van der Waals surface area contributed by atoms with Crippen LogP contribution >= 0.6 is 34.8 Å². The lowest BCUT2D eigenvalue weighted by Crippen LogP contribution is -2.54. The number of ether oxygens (including phenoxy) is 7. The van der Waals surface area contributed by atoms with Crippen LogP contribution in [0.5, 0.6) is 17.2 Å². The summed E-state index contributed by atoms with van der Waals surface area (Å²) in [4.78, 5) is 12.0. The average molecular weight is 1190 g/mol. The number of aliphatic hydroxyl groups excluding tert-OH is 1. The van der Waals surface area contributed by atoms with Gasteiger partial charge in [-0.15, -0.1) is 0 Å². The Balaban J connectivity index is 0.000000129. The molecular weight excluding hydrogens is 1130 g/mol. The zero-order valence-corrected chi connectivity index (χ0v) is 47.0. The van der Waals surface area contributed by atoms with E-state index >= 15 is 4.39 Å². The molecule has 0 unspecified atom stereocenters. The van der Waals surface area contributed by atoms with Gasteiger partial charge in [0.1, 0.15) is 23.2 Å². The predicted molar refractivity (Wildman–Crippen MR) is 296 cm³/mol. The number of ketones is 1. The predicted octanol–water partition coefficient (Wildman–Crippen LogP) is 14.4.